The maximum Gasteiger partial charge on any atom is 0.255 e. The minimum Gasteiger partial charge on any atom is -0.487 e. The van der Waals surface area contributed by atoms with Gasteiger partial charge in [0.15, 0.2) is 17.3 Å². The molecule has 0 saturated heterocycles. The van der Waals surface area contributed by atoms with E-state index in [0.717, 1.165) is 0 Å². The van der Waals surface area contributed by atoms with E-state index in [1.807, 2.05) is 13.8 Å². The van der Waals surface area contributed by atoms with E-state index in [1.165, 1.54) is 0 Å². The minimum atomic E-state index is -0.529. The van der Waals surface area contributed by atoms with Crippen LogP contribution in [-0.4, -0.2) is 30.5 Å². The predicted octanol–water partition coefficient (Wildman–Crippen LogP) is 3.45. The van der Waals surface area contributed by atoms with Crippen LogP contribution in [0.1, 0.15) is 41.0 Å². The lowest BCUT2D eigenvalue weighted by atomic mass is 9.92. The standard InChI is InChI=1S/C20H19NO5/c1-20(2)11-15(22)14-9-12(3-5-16(14)26-20)19(23)21-13-4-6-17-18(10-13)25-8-7-24-17/h3-6,9-10H,7-8,11H2,1-2H3,(H,21,23). The van der Waals surface area contributed by atoms with E-state index < -0.39 is 5.60 Å². The molecular formula is C20H19NO5. The first-order valence-electron chi connectivity index (χ1n) is 8.49. The van der Waals surface area contributed by atoms with E-state index in [2.05, 4.69) is 5.32 Å². The summed E-state index contributed by atoms with van der Waals surface area (Å²) < 4.78 is 16.8. The van der Waals surface area contributed by atoms with Crippen LogP contribution in [0.15, 0.2) is 36.4 Å². The number of anilines is 1. The Bertz CT molecular complexity index is 903. The molecule has 0 aromatic heterocycles. The van der Waals surface area contributed by atoms with E-state index in [0.29, 0.717) is 47.3 Å². The largest absolute Gasteiger partial charge is 0.487 e. The van der Waals surface area contributed by atoms with Crippen LogP contribution in [-0.2, 0) is 0 Å². The van der Waals surface area contributed by atoms with Gasteiger partial charge in [0.05, 0.1) is 12.0 Å². The molecule has 0 radical (unpaired) electrons. The summed E-state index contributed by atoms with van der Waals surface area (Å²) in [5.41, 5.74) is 0.911. The van der Waals surface area contributed by atoms with Crippen molar-refractivity contribution in [2.75, 3.05) is 18.5 Å². The van der Waals surface area contributed by atoms with Crippen LogP contribution in [0.3, 0.4) is 0 Å². The molecular weight excluding hydrogens is 334 g/mol. The van der Waals surface area contributed by atoms with Crippen molar-refractivity contribution in [3.8, 4) is 17.2 Å². The molecule has 0 spiro atoms. The average Bonchev–Trinajstić information content (AvgIpc) is 2.60. The van der Waals surface area contributed by atoms with Crippen molar-refractivity contribution < 1.29 is 23.8 Å². The average molecular weight is 353 g/mol. The second-order valence-electron chi connectivity index (χ2n) is 6.99. The molecule has 2 aromatic rings. The fourth-order valence-corrected chi connectivity index (χ4v) is 3.12. The van der Waals surface area contributed by atoms with Crippen LogP contribution in [0.4, 0.5) is 5.69 Å². The van der Waals surface area contributed by atoms with Gasteiger partial charge in [0.1, 0.15) is 24.6 Å². The fraction of sp³-hybridized carbons (Fsp3) is 0.300. The number of Topliss-reactive ketones (excluding diaryl/α,β-unsaturated/α-hetero) is 1. The van der Waals surface area contributed by atoms with E-state index >= 15 is 0 Å². The number of hydrogen-bond donors (Lipinski definition) is 1. The van der Waals surface area contributed by atoms with Crippen LogP contribution in [0.25, 0.3) is 0 Å². The third-order valence-electron chi connectivity index (χ3n) is 4.31. The first kappa shape index (κ1) is 16.4. The van der Waals surface area contributed by atoms with Gasteiger partial charge < -0.3 is 19.5 Å². The van der Waals surface area contributed by atoms with Crippen molar-refractivity contribution in [2.45, 2.75) is 25.9 Å². The highest BCUT2D eigenvalue weighted by Gasteiger charge is 2.32. The number of carbonyl (C=O) groups excluding carboxylic acids is 2. The number of hydrogen-bond acceptors (Lipinski definition) is 5. The van der Waals surface area contributed by atoms with Gasteiger partial charge in [-0.2, -0.15) is 0 Å². The zero-order chi connectivity index (χ0) is 18.3. The van der Waals surface area contributed by atoms with Crippen LogP contribution < -0.4 is 19.5 Å². The van der Waals surface area contributed by atoms with Crippen molar-refractivity contribution in [2.24, 2.45) is 0 Å². The number of ketones is 1. The SMILES string of the molecule is CC1(C)CC(=O)c2cc(C(=O)Nc3ccc4c(c3)OCCO4)ccc2O1. The predicted molar refractivity (Wildman–Crippen MR) is 95.5 cm³/mol. The van der Waals surface area contributed by atoms with Crippen LogP contribution in [0.2, 0.25) is 0 Å². The number of nitrogens with one attached hydrogen (secondary N) is 1. The molecule has 6 nitrogen and oxygen atoms in total. The summed E-state index contributed by atoms with van der Waals surface area (Å²) in [6.45, 7) is 4.74. The Morgan fingerprint density at radius 2 is 1.73 bits per heavy atom. The number of amides is 1. The Morgan fingerprint density at radius 1 is 1.00 bits per heavy atom. The summed E-state index contributed by atoms with van der Waals surface area (Å²) in [6, 6.07) is 10.1. The van der Waals surface area contributed by atoms with Gasteiger partial charge in [-0.05, 0) is 44.2 Å². The van der Waals surface area contributed by atoms with E-state index in [1.54, 1.807) is 36.4 Å². The molecule has 0 fully saturated rings. The highest BCUT2D eigenvalue weighted by atomic mass is 16.6. The molecule has 0 unspecified atom stereocenters. The molecule has 4 rings (SSSR count). The van der Waals surface area contributed by atoms with E-state index in [4.69, 9.17) is 14.2 Å². The van der Waals surface area contributed by atoms with Crippen molar-refractivity contribution in [3.05, 3.63) is 47.5 Å². The van der Waals surface area contributed by atoms with E-state index in [-0.39, 0.29) is 18.1 Å². The van der Waals surface area contributed by atoms with Gasteiger partial charge >= 0.3 is 0 Å². The molecule has 134 valence electrons. The van der Waals surface area contributed by atoms with Crippen molar-refractivity contribution in [1.29, 1.82) is 0 Å². The number of ether oxygens (including phenoxy) is 3. The number of benzene rings is 2. The molecule has 6 heteroatoms. The van der Waals surface area contributed by atoms with Crippen molar-refractivity contribution in [1.82, 2.24) is 0 Å². The minimum absolute atomic E-state index is 0.0229. The van der Waals surface area contributed by atoms with Crippen molar-refractivity contribution in [3.63, 3.8) is 0 Å². The summed E-state index contributed by atoms with van der Waals surface area (Å²) in [7, 11) is 0. The van der Waals surface area contributed by atoms with Gasteiger partial charge in [-0.15, -0.1) is 0 Å². The Hall–Kier alpha value is -3.02. The van der Waals surface area contributed by atoms with Crippen molar-refractivity contribution >= 4 is 17.4 Å². The first-order chi connectivity index (χ1) is 12.4. The van der Waals surface area contributed by atoms with Crippen LogP contribution in [0, 0.1) is 0 Å². The summed E-state index contributed by atoms with van der Waals surface area (Å²) in [5, 5.41) is 2.82. The summed E-state index contributed by atoms with van der Waals surface area (Å²) >= 11 is 0. The molecule has 0 bridgehead atoms. The van der Waals surface area contributed by atoms with E-state index in [9.17, 15) is 9.59 Å². The van der Waals surface area contributed by atoms with Gasteiger partial charge in [0, 0.05) is 17.3 Å². The van der Waals surface area contributed by atoms with Crippen LogP contribution >= 0.6 is 0 Å². The number of fused-ring (bicyclic) bond motifs is 2. The fourth-order valence-electron chi connectivity index (χ4n) is 3.12. The van der Waals surface area contributed by atoms with Crippen LogP contribution in [0.5, 0.6) is 17.2 Å². The zero-order valence-electron chi connectivity index (χ0n) is 14.6. The third kappa shape index (κ3) is 3.10. The lowest BCUT2D eigenvalue weighted by Gasteiger charge is -2.31. The summed E-state index contributed by atoms with van der Waals surface area (Å²) in [6.07, 6.45) is 0.285. The zero-order valence-corrected chi connectivity index (χ0v) is 14.6. The van der Waals surface area contributed by atoms with Gasteiger partial charge in [-0.25, -0.2) is 0 Å². The molecule has 0 atom stereocenters. The van der Waals surface area contributed by atoms with Gasteiger partial charge in [0.2, 0.25) is 0 Å². The molecule has 0 saturated carbocycles. The van der Waals surface area contributed by atoms with Gasteiger partial charge in [-0.1, -0.05) is 0 Å². The topological polar surface area (TPSA) is 73.9 Å². The Balaban J connectivity index is 1.56. The second-order valence-corrected chi connectivity index (χ2v) is 6.99. The maximum absolute atomic E-state index is 12.6. The highest BCUT2D eigenvalue weighted by molar-refractivity contribution is 6.07. The maximum atomic E-state index is 12.6. The summed E-state index contributed by atoms with van der Waals surface area (Å²) in [5.74, 6) is 1.45. The normalized spacial score (nSPS) is 17.1. The Kier molecular flexibility index (Phi) is 3.83. The highest BCUT2D eigenvalue weighted by Crippen LogP contribution is 2.35. The molecule has 0 aliphatic carbocycles. The Labute approximate surface area is 151 Å². The first-order valence-corrected chi connectivity index (χ1v) is 8.49. The van der Waals surface area contributed by atoms with Gasteiger partial charge in [0.25, 0.3) is 5.91 Å². The molecule has 1 amide bonds. The second kappa shape index (κ2) is 6.05. The monoisotopic (exact) mass is 353 g/mol. The molecule has 2 heterocycles. The van der Waals surface area contributed by atoms with Gasteiger partial charge in [-0.3, -0.25) is 9.59 Å². The Morgan fingerprint density at radius 3 is 2.54 bits per heavy atom. The molecule has 2 aromatic carbocycles. The quantitative estimate of drug-likeness (QED) is 0.895. The molecule has 2 aliphatic rings. The number of carbonyl (C=O) groups is 2. The smallest absolute Gasteiger partial charge is 0.255 e. The molecule has 1 N–H and O–H groups in total. The number of rotatable bonds is 2. The third-order valence-corrected chi connectivity index (χ3v) is 4.31. The summed E-state index contributed by atoms with van der Waals surface area (Å²) in [4.78, 5) is 24.9. The molecule has 2 aliphatic heterocycles. The lowest BCUT2D eigenvalue weighted by Crippen LogP contribution is -2.36. The molecule has 26 heavy (non-hydrogen) atoms. The lowest BCUT2D eigenvalue weighted by molar-refractivity contribution is 0.0620.